The predicted octanol–water partition coefficient (Wildman–Crippen LogP) is 0.650. The zero-order valence-electron chi connectivity index (χ0n) is 9.94. The monoisotopic (exact) mass is 267 g/mol. The van der Waals surface area contributed by atoms with Crippen molar-refractivity contribution in [3.8, 4) is 0 Å². The van der Waals surface area contributed by atoms with Crippen molar-refractivity contribution in [2.24, 2.45) is 5.73 Å². The Morgan fingerprint density at radius 1 is 1.50 bits per heavy atom. The molecule has 1 aromatic carbocycles. The number of imide groups is 1. The Balaban J connectivity index is 2.44. The summed E-state index contributed by atoms with van der Waals surface area (Å²) < 4.78 is 0. The van der Waals surface area contributed by atoms with Gasteiger partial charge in [0.15, 0.2) is 0 Å². The Morgan fingerprint density at radius 3 is 2.89 bits per heavy atom. The topological polar surface area (TPSA) is 75.4 Å². The Morgan fingerprint density at radius 2 is 2.22 bits per heavy atom. The van der Waals surface area contributed by atoms with E-state index in [4.69, 9.17) is 17.3 Å². The van der Waals surface area contributed by atoms with Gasteiger partial charge in [0, 0.05) is 22.8 Å². The predicted molar refractivity (Wildman–Crippen MR) is 69.3 cm³/mol. The first kappa shape index (κ1) is 12.9. The van der Waals surface area contributed by atoms with Crippen LogP contribution in [-0.4, -0.2) is 24.4 Å². The molecule has 3 N–H and O–H groups in total. The number of hydrogen-bond donors (Lipinski definition) is 2. The smallest absolute Gasteiger partial charge is 0.249 e. The minimum Gasteiger partial charge on any atom is -0.350 e. The Hall–Kier alpha value is -1.59. The summed E-state index contributed by atoms with van der Waals surface area (Å²) in [7, 11) is 0. The molecule has 0 spiro atoms. The summed E-state index contributed by atoms with van der Waals surface area (Å²) in [4.78, 5) is 24.8. The van der Waals surface area contributed by atoms with Gasteiger partial charge in [-0.2, -0.15) is 0 Å². The van der Waals surface area contributed by atoms with Crippen molar-refractivity contribution in [3.63, 3.8) is 0 Å². The van der Waals surface area contributed by atoms with Crippen LogP contribution in [0.2, 0.25) is 5.02 Å². The van der Waals surface area contributed by atoms with Crippen molar-refractivity contribution in [1.82, 2.24) is 5.32 Å². The van der Waals surface area contributed by atoms with Gasteiger partial charge in [-0.25, -0.2) is 0 Å². The molecular formula is C12H14ClN3O2. The number of nitrogens with two attached hydrogens (primary N) is 1. The molecule has 1 aliphatic heterocycles. The van der Waals surface area contributed by atoms with Crippen LogP contribution in [0.25, 0.3) is 0 Å². The largest absolute Gasteiger partial charge is 0.350 e. The van der Waals surface area contributed by atoms with Gasteiger partial charge in [-0.3, -0.25) is 14.9 Å². The van der Waals surface area contributed by atoms with Crippen LogP contribution in [0.3, 0.4) is 0 Å². The number of carbonyl (C=O) groups is 2. The van der Waals surface area contributed by atoms with Gasteiger partial charge in [0.2, 0.25) is 11.8 Å². The number of carbonyl (C=O) groups excluding carboxylic acids is 2. The van der Waals surface area contributed by atoms with Crippen molar-refractivity contribution in [2.45, 2.75) is 19.5 Å². The van der Waals surface area contributed by atoms with Crippen molar-refractivity contribution >= 4 is 29.1 Å². The highest BCUT2D eigenvalue weighted by Crippen LogP contribution is 2.29. The molecule has 0 radical (unpaired) electrons. The van der Waals surface area contributed by atoms with E-state index in [1.54, 1.807) is 24.0 Å². The first-order chi connectivity index (χ1) is 8.54. The molecule has 2 rings (SSSR count). The highest BCUT2D eigenvalue weighted by Gasteiger charge is 2.31. The van der Waals surface area contributed by atoms with E-state index in [2.05, 4.69) is 5.32 Å². The fourth-order valence-corrected chi connectivity index (χ4v) is 2.27. The number of piperazine rings is 1. The maximum Gasteiger partial charge on any atom is 0.249 e. The van der Waals surface area contributed by atoms with Crippen LogP contribution in [0.1, 0.15) is 12.5 Å². The number of halogens is 1. The fourth-order valence-electron chi connectivity index (χ4n) is 2.03. The van der Waals surface area contributed by atoms with Crippen LogP contribution in [0, 0.1) is 0 Å². The summed E-state index contributed by atoms with van der Waals surface area (Å²) in [5.74, 6) is -0.629. The fraction of sp³-hybridized carbons (Fsp3) is 0.333. The zero-order valence-corrected chi connectivity index (χ0v) is 10.7. The van der Waals surface area contributed by atoms with Gasteiger partial charge in [0.05, 0.1) is 6.54 Å². The van der Waals surface area contributed by atoms with Gasteiger partial charge < -0.3 is 10.6 Å². The van der Waals surface area contributed by atoms with E-state index in [-0.39, 0.29) is 24.9 Å². The second-order valence-corrected chi connectivity index (χ2v) is 4.57. The van der Waals surface area contributed by atoms with E-state index in [9.17, 15) is 9.59 Å². The molecule has 0 aromatic heterocycles. The molecule has 1 atom stereocenters. The number of nitrogens with zero attached hydrogens (tertiary/aromatic N) is 1. The Labute approximate surface area is 110 Å². The van der Waals surface area contributed by atoms with E-state index < -0.39 is 6.04 Å². The lowest BCUT2D eigenvalue weighted by Gasteiger charge is -2.34. The summed E-state index contributed by atoms with van der Waals surface area (Å²) in [5, 5.41) is 2.84. The molecule has 0 saturated carbocycles. The lowest BCUT2D eigenvalue weighted by Crippen LogP contribution is -2.57. The third-order valence-corrected chi connectivity index (χ3v) is 3.39. The standard InChI is InChI=1S/C12H14ClN3O2/c1-7-12(18)15-11(17)6-16(7)10-4-2-3-9(13)8(10)5-14/h2-4,7H,5-6,14H2,1H3,(H,15,17,18). The van der Waals surface area contributed by atoms with E-state index >= 15 is 0 Å². The summed E-state index contributed by atoms with van der Waals surface area (Å²) in [5.41, 5.74) is 7.16. The average Bonchev–Trinajstić information content (AvgIpc) is 2.33. The van der Waals surface area contributed by atoms with E-state index in [0.717, 1.165) is 11.3 Å². The van der Waals surface area contributed by atoms with Gasteiger partial charge in [0.1, 0.15) is 6.04 Å². The second-order valence-electron chi connectivity index (χ2n) is 4.16. The molecule has 1 unspecified atom stereocenters. The highest BCUT2D eigenvalue weighted by molar-refractivity contribution is 6.31. The number of hydrogen-bond acceptors (Lipinski definition) is 4. The molecule has 5 nitrogen and oxygen atoms in total. The normalized spacial score (nSPS) is 19.9. The lowest BCUT2D eigenvalue weighted by molar-refractivity contribution is -0.132. The van der Waals surface area contributed by atoms with Gasteiger partial charge in [-0.05, 0) is 19.1 Å². The lowest BCUT2D eigenvalue weighted by atomic mass is 10.1. The van der Waals surface area contributed by atoms with E-state index in [1.165, 1.54) is 0 Å². The summed E-state index contributed by atoms with van der Waals surface area (Å²) in [6, 6.07) is 4.91. The second kappa shape index (κ2) is 4.96. The molecule has 0 aliphatic carbocycles. The molecular weight excluding hydrogens is 254 g/mol. The Bertz CT molecular complexity index is 504. The first-order valence-electron chi connectivity index (χ1n) is 5.62. The minimum absolute atomic E-state index is 0.125. The minimum atomic E-state index is -0.425. The van der Waals surface area contributed by atoms with Crippen LogP contribution >= 0.6 is 11.6 Å². The van der Waals surface area contributed by atoms with Crippen molar-refractivity contribution < 1.29 is 9.59 Å². The van der Waals surface area contributed by atoms with E-state index in [1.807, 2.05) is 6.07 Å². The SMILES string of the molecule is CC1C(=O)NC(=O)CN1c1cccc(Cl)c1CN. The number of nitrogens with one attached hydrogen (secondary N) is 1. The number of anilines is 1. The number of benzene rings is 1. The molecule has 1 fully saturated rings. The van der Waals surface area contributed by atoms with Crippen LogP contribution in [0.15, 0.2) is 18.2 Å². The van der Waals surface area contributed by atoms with Gasteiger partial charge in [-0.1, -0.05) is 17.7 Å². The van der Waals surface area contributed by atoms with Crippen LogP contribution < -0.4 is 16.0 Å². The zero-order chi connectivity index (χ0) is 13.3. The van der Waals surface area contributed by atoms with Crippen LogP contribution in [0.4, 0.5) is 5.69 Å². The maximum atomic E-state index is 11.6. The molecule has 1 saturated heterocycles. The summed E-state index contributed by atoms with van der Waals surface area (Å²) in [6.45, 7) is 2.12. The van der Waals surface area contributed by atoms with Crippen molar-refractivity contribution in [3.05, 3.63) is 28.8 Å². The maximum absolute atomic E-state index is 11.6. The van der Waals surface area contributed by atoms with E-state index in [0.29, 0.717) is 5.02 Å². The van der Waals surface area contributed by atoms with Gasteiger partial charge >= 0.3 is 0 Å². The molecule has 18 heavy (non-hydrogen) atoms. The summed E-state index contributed by atoms with van der Waals surface area (Å²) >= 11 is 6.08. The highest BCUT2D eigenvalue weighted by atomic mass is 35.5. The van der Waals surface area contributed by atoms with Crippen molar-refractivity contribution in [2.75, 3.05) is 11.4 Å². The van der Waals surface area contributed by atoms with Gasteiger partial charge in [0.25, 0.3) is 0 Å². The van der Waals surface area contributed by atoms with Gasteiger partial charge in [-0.15, -0.1) is 0 Å². The average molecular weight is 268 g/mol. The first-order valence-corrected chi connectivity index (χ1v) is 6.00. The number of amides is 2. The molecule has 0 bridgehead atoms. The summed E-state index contributed by atoms with van der Waals surface area (Å²) in [6.07, 6.45) is 0. The molecule has 6 heteroatoms. The van der Waals surface area contributed by atoms with Crippen LogP contribution in [0.5, 0.6) is 0 Å². The Kier molecular flexibility index (Phi) is 3.54. The third kappa shape index (κ3) is 2.19. The molecule has 2 amide bonds. The van der Waals surface area contributed by atoms with Crippen LogP contribution in [-0.2, 0) is 16.1 Å². The molecule has 1 heterocycles. The number of rotatable bonds is 2. The molecule has 96 valence electrons. The quantitative estimate of drug-likeness (QED) is 0.772. The van der Waals surface area contributed by atoms with Crippen molar-refractivity contribution in [1.29, 1.82) is 0 Å². The molecule has 1 aromatic rings. The third-order valence-electron chi connectivity index (χ3n) is 3.03. The molecule has 1 aliphatic rings.